The second kappa shape index (κ2) is 7.22. The van der Waals surface area contributed by atoms with Crippen molar-refractivity contribution in [3.63, 3.8) is 0 Å². The minimum atomic E-state index is -1.15. The molecule has 8 nitrogen and oxygen atoms in total. The van der Waals surface area contributed by atoms with Gasteiger partial charge in [-0.15, -0.1) is 0 Å². The van der Waals surface area contributed by atoms with E-state index >= 15 is 0 Å². The Bertz CT molecular complexity index is 543. The van der Waals surface area contributed by atoms with E-state index in [0.717, 1.165) is 0 Å². The zero-order valence-electron chi connectivity index (χ0n) is 11.6. The number of carboxylic acids is 1. The second-order valence-electron chi connectivity index (χ2n) is 4.64. The summed E-state index contributed by atoms with van der Waals surface area (Å²) >= 11 is 0. The molecule has 0 bridgehead atoms. The largest absolute Gasteiger partial charge is 0.480 e. The smallest absolute Gasteiger partial charge is 0.326 e. The summed E-state index contributed by atoms with van der Waals surface area (Å²) in [6, 6.07) is 4.59. The number of nitro benzene ring substituents is 1. The molecule has 0 radical (unpaired) electrons. The number of nitrogens with one attached hydrogen (secondary N) is 1. The molecule has 0 spiro atoms. The maximum absolute atomic E-state index is 11.6. The summed E-state index contributed by atoms with van der Waals surface area (Å²) in [5, 5.41) is 22.0. The number of rotatable bonds is 7. The van der Waals surface area contributed by atoms with Crippen molar-refractivity contribution < 1.29 is 24.4 Å². The quantitative estimate of drug-likeness (QED) is 0.576. The Balaban J connectivity index is 2.65. The van der Waals surface area contributed by atoms with Crippen LogP contribution in [0, 0.1) is 16.0 Å². The molecule has 0 aliphatic carbocycles. The number of ether oxygens (including phenoxy) is 1. The van der Waals surface area contributed by atoms with Gasteiger partial charge in [-0.2, -0.15) is 0 Å². The highest BCUT2D eigenvalue weighted by atomic mass is 16.6. The molecule has 0 aliphatic rings. The molecule has 0 saturated heterocycles. The number of hydrogen-bond acceptors (Lipinski definition) is 5. The van der Waals surface area contributed by atoms with E-state index in [1.165, 1.54) is 24.3 Å². The average Bonchev–Trinajstić information content (AvgIpc) is 2.42. The number of benzene rings is 1. The van der Waals surface area contributed by atoms with Crippen LogP contribution in [0.3, 0.4) is 0 Å². The fraction of sp³-hybridized carbons (Fsp3) is 0.385. The van der Waals surface area contributed by atoms with Crippen molar-refractivity contribution in [3.8, 4) is 5.75 Å². The van der Waals surface area contributed by atoms with Gasteiger partial charge in [0.15, 0.2) is 12.4 Å². The van der Waals surface area contributed by atoms with Gasteiger partial charge in [-0.25, -0.2) is 4.79 Å². The van der Waals surface area contributed by atoms with Gasteiger partial charge in [0.25, 0.3) is 5.91 Å². The summed E-state index contributed by atoms with van der Waals surface area (Å²) in [5.74, 6) is -2.15. The van der Waals surface area contributed by atoms with Crippen molar-refractivity contribution in [2.75, 3.05) is 6.61 Å². The predicted molar refractivity (Wildman–Crippen MR) is 73.0 cm³/mol. The van der Waals surface area contributed by atoms with E-state index in [9.17, 15) is 19.7 Å². The zero-order chi connectivity index (χ0) is 16.0. The molecule has 0 saturated carbocycles. The van der Waals surface area contributed by atoms with Crippen molar-refractivity contribution in [2.45, 2.75) is 19.9 Å². The standard InChI is InChI=1S/C13H16N2O6/c1-8(2)12(13(17)18)14-11(16)7-21-10-6-4-3-5-9(10)15(19)20/h3-6,8,12H,7H2,1-2H3,(H,14,16)(H,17,18)/t12-/m1/s1. The number of nitrogens with zero attached hydrogens (tertiary/aromatic N) is 1. The molecule has 21 heavy (non-hydrogen) atoms. The molecule has 114 valence electrons. The molecule has 2 N–H and O–H groups in total. The lowest BCUT2D eigenvalue weighted by molar-refractivity contribution is -0.385. The van der Waals surface area contributed by atoms with Crippen LogP contribution in [-0.4, -0.2) is 34.6 Å². The summed E-state index contributed by atoms with van der Waals surface area (Å²) < 4.78 is 5.07. The van der Waals surface area contributed by atoms with E-state index in [1.807, 2.05) is 0 Å². The van der Waals surface area contributed by atoms with Crippen molar-refractivity contribution in [1.29, 1.82) is 0 Å². The van der Waals surface area contributed by atoms with E-state index in [1.54, 1.807) is 13.8 Å². The van der Waals surface area contributed by atoms with Crippen LogP contribution in [0.1, 0.15) is 13.8 Å². The summed E-state index contributed by atoms with van der Waals surface area (Å²) in [5.41, 5.74) is -0.260. The molecular formula is C13H16N2O6. The van der Waals surface area contributed by atoms with E-state index in [4.69, 9.17) is 9.84 Å². The first-order valence-corrected chi connectivity index (χ1v) is 6.21. The molecule has 0 heterocycles. The van der Waals surface area contributed by atoms with Crippen LogP contribution in [0.15, 0.2) is 24.3 Å². The molecule has 0 fully saturated rings. The third-order valence-electron chi connectivity index (χ3n) is 2.67. The lowest BCUT2D eigenvalue weighted by atomic mass is 10.1. The number of nitro groups is 1. The molecular weight excluding hydrogens is 280 g/mol. The molecule has 1 rings (SSSR count). The number of amides is 1. The van der Waals surface area contributed by atoms with Gasteiger partial charge in [0.1, 0.15) is 6.04 Å². The highest BCUT2D eigenvalue weighted by molar-refractivity contribution is 5.84. The highest BCUT2D eigenvalue weighted by Crippen LogP contribution is 2.25. The molecule has 1 amide bonds. The molecule has 0 aliphatic heterocycles. The van der Waals surface area contributed by atoms with Crippen LogP contribution < -0.4 is 10.1 Å². The van der Waals surface area contributed by atoms with Crippen LogP contribution >= 0.6 is 0 Å². The molecule has 1 aromatic rings. The second-order valence-corrected chi connectivity index (χ2v) is 4.64. The molecule has 1 atom stereocenters. The first-order chi connectivity index (χ1) is 9.82. The Morgan fingerprint density at radius 3 is 2.52 bits per heavy atom. The average molecular weight is 296 g/mol. The maximum atomic E-state index is 11.6. The fourth-order valence-electron chi connectivity index (χ4n) is 1.60. The first-order valence-electron chi connectivity index (χ1n) is 6.21. The SMILES string of the molecule is CC(C)[C@@H](NC(=O)COc1ccccc1[N+](=O)[O-])C(=O)O. The number of aliphatic carboxylic acids is 1. The molecule has 1 aromatic carbocycles. The van der Waals surface area contributed by atoms with Crippen molar-refractivity contribution in [2.24, 2.45) is 5.92 Å². The Morgan fingerprint density at radius 2 is 2.00 bits per heavy atom. The predicted octanol–water partition coefficient (Wildman–Crippen LogP) is 1.20. The summed E-state index contributed by atoms with van der Waals surface area (Å²) in [6.45, 7) is 2.81. The molecule has 0 aromatic heterocycles. The van der Waals surface area contributed by atoms with E-state index in [0.29, 0.717) is 0 Å². The number of carbonyl (C=O) groups excluding carboxylic acids is 1. The minimum absolute atomic E-state index is 0.0472. The third kappa shape index (κ3) is 4.75. The van der Waals surface area contributed by atoms with Crippen molar-refractivity contribution in [1.82, 2.24) is 5.32 Å². The molecule has 8 heteroatoms. The zero-order valence-corrected chi connectivity index (χ0v) is 11.6. The summed E-state index contributed by atoms with van der Waals surface area (Å²) in [7, 11) is 0. The normalized spacial score (nSPS) is 11.8. The van der Waals surface area contributed by atoms with E-state index in [-0.39, 0.29) is 17.4 Å². The Hall–Kier alpha value is -2.64. The Morgan fingerprint density at radius 1 is 1.38 bits per heavy atom. The van der Waals surface area contributed by atoms with Gasteiger partial charge in [0, 0.05) is 6.07 Å². The number of para-hydroxylation sites is 2. The van der Waals surface area contributed by atoms with Gasteiger partial charge in [-0.3, -0.25) is 14.9 Å². The van der Waals surface area contributed by atoms with Crippen molar-refractivity contribution in [3.05, 3.63) is 34.4 Å². The van der Waals surface area contributed by atoms with Crippen LogP contribution in [0.4, 0.5) is 5.69 Å². The highest BCUT2D eigenvalue weighted by Gasteiger charge is 2.24. The fourth-order valence-corrected chi connectivity index (χ4v) is 1.60. The van der Waals surface area contributed by atoms with Crippen LogP contribution in [0.5, 0.6) is 5.75 Å². The molecule has 0 unspecified atom stereocenters. The van der Waals surface area contributed by atoms with Crippen LogP contribution in [0.2, 0.25) is 0 Å². The Kier molecular flexibility index (Phi) is 5.65. The van der Waals surface area contributed by atoms with Gasteiger partial charge < -0.3 is 15.2 Å². The number of carboxylic acid groups (broad SMARTS) is 1. The van der Waals surface area contributed by atoms with Gasteiger partial charge in [-0.05, 0) is 12.0 Å². The van der Waals surface area contributed by atoms with Crippen molar-refractivity contribution >= 4 is 17.6 Å². The first kappa shape index (κ1) is 16.4. The lowest BCUT2D eigenvalue weighted by Gasteiger charge is -2.17. The van der Waals surface area contributed by atoms with Crippen LogP contribution in [0.25, 0.3) is 0 Å². The van der Waals surface area contributed by atoms with Gasteiger partial charge in [0.2, 0.25) is 0 Å². The topological polar surface area (TPSA) is 119 Å². The van der Waals surface area contributed by atoms with Crippen LogP contribution in [-0.2, 0) is 9.59 Å². The van der Waals surface area contributed by atoms with Gasteiger partial charge in [-0.1, -0.05) is 26.0 Å². The summed E-state index contributed by atoms with van der Waals surface area (Å²) in [4.78, 5) is 32.7. The van der Waals surface area contributed by atoms with Gasteiger partial charge in [0.05, 0.1) is 4.92 Å². The summed E-state index contributed by atoms with van der Waals surface area (Å²) in [6.07, 6.45) is 0. The van der Waals surface area contributed by atoms with E-state index in [2.05, 4.69) is 5.32 Å². The third-order valence-corrected chi connectivity index (χ3v) is 2.67. The Labute approximate surface area is 120 Å². The van der Waals surface area contributed by atoms with E-state index < -0.39 is 29.4 Å². The van der Waals surface area contributed by atoms with Gasteiger partial charge >= 0.3 is 11.7 Å². The number of hydrogen-bond donors (Lipinski definition) is 2. The lowest BCUT2D eigenvalue weighted by Crippen LogP contribution is -2.46. The number of carbonyl (C=O) groups is 2. The monoisotopic (exact) mass is 296 g/mol. The minimum Gasteiger partial charge on any atom is -0.480 e. The maximum Gasteiger partial charge on any atom is 0.326 e.